The third-order valence-electron chi connectivity index (χ3n) is 2.82. The SMILES string of the molecule is CCNc1ncc(Br)c(N2CCN(C)C(=O)C2)n1. The molecule has 1 aliphatic rings. The van der Waals surface area contributed by atoms with Gasteiger partial charge in [0.1, 0.15) is 5.82 Å². The summed E-state index contributed by atoms with van der Waals surface area (Å²) in [6, 6.07) is 0. The molecule has 1 aliphatic heterocycles. The van der Waals surface area contributed by atoms with E-state index >= 15 is 0 Å². The minimum Gasteiger partial charge on any atom is -0.354 e. The Bertz CT molecular complexity index is 453. The molecule has 2 heterocycles. The van der Waals surface area contributed by atoms with Crippen LogP contribution in [0, 0.1) is 0 Å². The summed E-state index contributed by atoms with van der Waals surface area (Å²) in [6.07, 6.45) is 1.71. The first kappa shape index (κ1) is 13.1. The van der Waals surface area contributed by atoms with E-state index in [1.807, 2.05) is 18.9 Å². The summed E-state index contributed by atoms with van der Waals surface area (Å²) in [4.78, 5) is 24.0. The molecule has 0 saturated carbocycles. The summed E-state index contributed by atoms with van der Waals surface area (Å²) in [5, 5.41) is 3.07. The number of hydrogen-bond donors (Lipinski definition) is 1. The second-order valence-corrected chi connectivity index (χ2v) is 4.99. The lowest BCUT2D eigenvalue weighted by molar-refractivity contribution is -0.129. The van der Waals surface area contributed by atoms with E-state index in [9.17, 15) is 4.79 Å². The number of nitrogens with zero attached hydrogens (tertiary/aromatic N) is 4. The second kappa shape index (κ2) is 5.51. The monoisotopic (exact) mass is 313 g/mol. The molecule has 2 rings (SSSR count). The van der Waals surface area contributed by atoms with Gasteiger partial charge in [-0.1, -0.05) is 0 Å². The van der Waals surface area contributed by atoms with Crippen LogP contribution in [0.15, 0.2) is 10.7 Å². The summed E-state index contributed by atoms with van der Waals surface area (Å²) in [6.45, 7) is 4.61. The van der Waals surface area contributed by atoms with Crippen LogP contribution in [-0.2, 0) is 4.79 Å². The summed E-state index contributed by atoms with van der Waals surface area (Å²) >= 11 is 3.43. The van der Waals surface area contributed by atoms with E-state index in [1.54, 1.807) is 11.1 Å². The number of carbonyl (C=O) groups excluding carboxylic acids is 1. The molecule has 18 heavy (non-hydrogen) atoms. The molecule has 0 atom stereocenters. The molecule has 0 aromatic carbocycles. The van der Waals surface area contributed by atoms with Gasteiger partial charge in [-0.2, -0.15) is 4.98 Å². The summed E-state index contributed by atoms with van der Waals surface area (Å²) in [5.74, 6) is 1.46. The Kier molecular flexibility index (Phi) is 4.00. The maximum absolute atomic E-state index is 11.7. The number of aromatic nitrogens is 2. The molecule has 1 N–H and O–H groups in total. The van der Waals surface area contributed by atoms with Crippen molar-refractivity contribution in [3.05, 3.63) is 10.7 Å². The molecule has 7 heteroatoms. The van der Waals surface area contributed by atoms with Gasteiger partial charge in [0, 0.05) is 32.9 Å². The molecule has 0 spiro atoms. The van der Waals surface area contributed by atoms with Crippen LogP contribution in [0.5, 0.6) is 0 Å². The van der Waals surface area contributed by atoms with Gasteiger partial charge in [-0.25, -0.2) is 4.98 Å². The van der Waals surface area contributed by atoms with Crippen molar-refractivity contribution in [1.82, 2.24) is 14.9 Å². The van der Waals surface area contributed by atoms with Crippen LogP contribution in [0.2, 0.25) is 0 Å². The van der Waals surface area contributed by atoms with Gasteiger partial charge in [0.25, 0.3) is 0 Å². The molecule has 1 aromatic rings. The van der Waals surface area contributed by atoms with Gasteiger partial charge >= 0.3 is 0 Å². The molecule has 0 unspecified atom stereocenters. The Morgan fingerprint density at radius 2 is 2.28 bits per heavy atom. The highest BCUT2D eigenvalue weighted by atomic mass is 79.9. The standard InChI is InChI=1S/C11H16BrN5O/c1-3-13-11-14-6-8(12)10(15-11)17-5-4-16(2)9(18)7-17/h6H,3-5,7H2,1-2H3,(H,13,14,15). The first-order valence-corrected chi connectivity index (χ1v) is 6.66. The minimum atomic E-state index is 0.108. The topological polar surface area (TPSA) is 61.4 Å². The highest BCUT2D eigenvalue weighted by Gasteiger charge is 2.23. The van der Waals surface area contributed by atoms with E-state index < -0.39 is 0 Å². The number of anilines is 2. The second-order valence-electron chi connectivity index (χ2n) is 4.13. The summed E-state index contributed by atoms with van der Waals surface area (Å²) in [5.41, 5.74) is 0. The number of piperazine rings is 1. The van der Waals surface area contributed by atoms with Crippen LogP contribution in [0.25, 0.3) is 0 Å². The minimum absolute atomic E-state index is 0.108. The van der Waals surface area contributed by atoms with Crippen molar-refractivity contribution >= 4 is 33.6 Å². The lowest BCUT2D eigenvalue weighted by Crippen LogP contribution is -2.49. The summed E-state index contributed by atoms with van der Waals surface area (Å²) < 4.78 is 0.807. The van der Waals surface area contributed by atoms with E-state index in [2.05, 4.69) is 31.2 Å². The smallest absolute Gasteiger partial charge is 0.241 e. The average molecular weight is 314 g/mol. The molecule has 0 bridgehead atoms. The first-order valence-electron chi connectivity index (χ1n) is 5.87. The number of amides is 1. The van der Waals surface area contributed by atoms with Crippen LogP contribution in [-0.4, -0.2) is 54.0 Å². The highest BCUT2D eigenvalue weighted by Crippen LogP contribution is 2.25. The van der Waals surface area contributed by atoms with Crippen molar-refractivity contribution in [2.45, 2.75) is 6.92 Å². The van der Waals surface area contributed by atoms with Crippen LogP contribution in [0.3, 0.4) is 0 Å². The van der Waals surface area contributed by atoms with Gasteiger partial charge in [-0.3, -0.25) is 4.79 Å². The highest BCUT2D eigenvalue weighted by molar-refractivity contribution is 9.10. The van der Waals surface area contributed by atoms with Crippen LogP contribution < -0.4 is 10.2 Å². The zero-order valence-electron chi connectivity index (χ0n) is 10.5. The van der Waals surface area contributed by atoms with Gasteiger partial charge in [-0.05, 0) is 22.9 Å². The first-order chi connectivity index (χ1) is 8.61. The molecule has 0 radical (unpaired) electrons. The lowest BCUT2D eigenvalue weighted by Gasteiger charge is -2.33. The van der Waals surface area contributed by atoms with E-state index in [1.165, 1.54) is 0 Å². The Balaban J connectivity index is 2.21. The molecule has 98 valence electrons. The third kappa shape index (κ3) is 2.72. The molecular formula is C11H16BrN5O. The number of halogens is 1. The lowest BCUT2D eigenvalue weighted by atomic mass is 10.3. The molecule has 0 aliphatic carbocycles. The van der Waals surface area contributed by atoms with Crippen molar-refractivity contribution in [2.75, 3.05) is 43.4 Å². The fourth-order valence-electron chi connectivity index (χ4n) is 1.76. The van der Waals surface area contributed by atoms with E-state index in [0.29, 0.717) is 19.0 Å². The molecular weight excluding hydrogens is 298 g/mol. The number of likely N-dealkylation sites (N-methyl/N-ethyl adjacent to an activating group) is 1. The van der Waals surface area contributed by atoms with Gasteiger partial charge in [0.05, 0.1) is 11.0 Å². The van der Waals surface area contributed by atoms with E-state index in [4.69, 9.17) is 0 Å². The zero-order chi connectivity index (χ0) is 13.1. The molecule has 1 aromatic heterocycles. The maximum atomic E-state index is 11.7. The van der Waals surface area contributed by atoms with Crippen molar-refractivity contribution in [2.24, 2.45) is 0 Å². The largest absolute Gasteiger partial charge is 0.354 e. The number of nitrogens with one attached hydrogen (secondary N) is 1. The molecule has 6 nitrogen and oxygen atoms in total. The van der Waals surface area contributed by atoms with Crippen molar-refractivity contribution in [3.63, 3.8) is 0 Å². The maximum Gasteiger partial charge on any atom is 0.241 e. The Morgan fingerprint density at radius 1 is 1.50 bits per heavy atom. The van der Waals surface area contributed by atoms with Crippen LogP contribution in [0.4, 0.5) is 11.8 Å². The third-order valence-corrected chi connectivity index (χ3v) is 3.38. The van der Waals surface area contributed by atoms with Gasteiger partial charge in [-0.15, -0.1) is 0 Å². The number of rotatable bonds is 3. The Hall–Kier alpha value is -1.37. The molecule has 1 saturated heterocycles. The zero-order valence-corrected chi connectivity index (χ0v) is 12.1. The fraction of sp³-hybridized carbons (Fsp3) is 0.545. The Morgan fingerprint density at radius 3 is 2.94 bits per heavy atom. The van der Waals surface area contributed by atoms with Gasteiger partial charge in [0.15, 0.2) is 0 Å². The number of hydrogen-bond acceptors (Lipinski definition) is 5. The quantitative estimate of drug-likeness (QED) is 0.900. The molecule has 1 fully saturated rings. The van der Waals surface area contributed by atoms with Crippen molar-refractivity contribution in [3.8, 4) is 0 Å². The summed E-state index contributed by atoms with van der Waals surface area (Å²) in [7, 11) is 1.82. The van der Waals surface area contributed by atoms with Crippen molar-refractivity contribution < 1.29 is 4.79 Å². The van der Waals surface area contributed by atoms with Gasteiger partial charge < -0.3 is 15.1 Å². The van der Waals surface area contributed by atoms with Crippen LogP contribution >= 0.6 is 15.9 Å². The predicted octanol–water partition coefficient (Wildman–Crippen LogP) is 0.949. The van der Waals surface area contributed by atoms with Crippen molar-refractivity contribution in [1.29, 1.82) is 0 Å². The normalized spacial score (nSPS) is 16.1. The Labute approximate surface area is 115 Å². The molecule has 1 amide bonds. The van der Waals surface area contributed by atoms with E-state index in [0.717, 1.165) is 23.4 Å². The van der Waals surface area contributed by atoms with E-state index in [-0.39, 0.29) is 5.91 Å². The number of carbonyl (C=O) groups is 1. The predicted molar refractivity (Wildman–Crippen MR) is 73.7 cm³/mol. The van der Waals surface area contributed by atoms with Gasteiger partial charge in [0.2, 0.25) is 11.9 Å². The average Bonchev–Trinajstić information content (AvgIpc) is 2.35. The van der Waals surface area contributed by atoms with Crippen LogP contribution in [0.1, 0.15) is 6.92 Å². The fourth-order valence-corrected chi connectivity index (χ4v) is 2.20.